The standard InChI is InChI=1S/C17H16FNO2/c1-12(2)11-21-14-9-7-13(8-10-14)19-17(20)15-5-3-4-6-16(15)18/h3-10H,1,11H2,2H3,(H,19,20). The first-order valence-electron chi connectivity index (χ1n) is 6.49. The SMILES string of the molecule is C=C(C)COc1ccc(NC(=O)c2ccccc2F)cc1. The number of amides is 1. The van der Waals surface area contributed by atoms with Crippen molar-refractivity contribution >= 4 is 11.6 Å². The fraction of sp³-hybridized carbons (Fsp3) is 0.118. The van der Waals surface area contributed by atoms with E-state index in [4.69, 9.17) is 4.74 Å². The van der Waals surface area contributed by atoms with Gasteiger partial charge in [0.2, 0.25) is 0 Å². The molecule has 0 saturated heterocycles. The maximum absolute atomic E-state index is 13.5. The van der Waals surface area contributed by atoms with Gasteiger partial charge in [0.05, 0.1) is 5.56 Å². The summed E-state index contributed by atoms with van der Waals surface area (Å²) in [4.78, 5) is 11.9. The molecule has 2 aromatic rings. The Labute approximate surface area is 123 Å². The zero-order chi connectivity index (χ0) is 15.2. The summed E-state index contributed by atoms with van der Waals surface area (Å²) in [5.74, 6) is -0.345. The second kappa shape index (κ2) is 6.70. The predicted molar refractivity (Wildman–Crippen MR) is 81.1 cm³/mol. The van der Waals surface area contributed by atoms with Crippen LogP contribution in [0.25, 0.3) is 0 Å². The van der Waals surface area contributed by atoms with Crippen LogP contribution in [0.15, 0.2) is 60.7 Å². The van der Waals surface area contributed by atoms with Crippen molar-refractivity contribution in [3.05, 3.63) is 72.1 Å². The van der Waals surface area contributed by atoms with Crippen LogP contribution in [-0.2, 0) is 0 Å². The highest BCUT2D eigenvalue weighted by Crippen LogP contribution is 2.17. The van der Waals surface area contributed by atoms with Gasteiger partial charge in [-0.15, -0.1) is 0 Å². The summed E-state index contributed by atoms with van der Waals surface area (Å²) in [6.07, 6.45) is 0. The van der Waals surface area contributed by atoms with E-state index < -0.39 is 11.7 Å². The average Bonchev–Trinajstić information content (AvgIpc) is 2.47. The van der Waals surface area contributed by atoms with Gasteiger partial charge in [0.15, 0.2) is 0 Å². The molecule has 0 radical (unpaired) electrons. The first-order chi connectivity index (χ1) is 10.1. The number of halogens is 1. The Hall–Kier alpha value is -2.62. The molecule has 2 rings (SSSR count). The molecule has 1 amide bonds. The van der Waals surface area contributed by atoms with E-state index in [2.05, 4.69) is 11.9 Å². The molecular weight excluding hydrogens is 269 g/mol. The van der Waals surface area contributed by atoms with E-state index in [-0.39, 0.29) is 5.56 Å². The lowest BCUT2D eigenvalue weighted by Gasteiger charge is -2.08. The normalized spacial score (nSPS) is 10.0. The zero-order valence-corrected chi connectivity index (χ0v) is 11.7. The van der Waals surface area contributed by atoms with E-state index >= 15 is 0 Å². The lowest BCUT2D eigenvalue weighted by Crippen LogP contribution is -2.13. The van der Waals surface area contributed by atoms with Crippen molar-refractivity contribution in [3.63, 3.8) is 0 Å². The molecule has 1 N–H and O–H groups in total. The van der Waals surface area contributed by atoms with Crippen LogP contribution in [0.4, 0.5) is 10.1 Å². The van der Waals surface area contributed by atoms with Crippen molar-refractivity contribution in [2.45, 2.75) is 6.92 Å². The Kier molecular flexibility index (Phi) is 4.72. The molecule has 2 aromatic carbocycles. The predicted octanol–water partition coefficient (Wildman–Crippen LogP) is 4.03. The molecule has 0 atom stereocenters. The van der Waals surface area contributed by atoms with Crippen molar-refractivity contribution in [2.75, 3.05) is 11.9 Å². The van der Waals surface area contributed by atoms with Crippen molar-refractivity contribution in [2.24, 2.45) is 0 Å². The first-order valence-corrected chi connectivity index (χ1v) is 6.49. The molecule has 0 aliphatic heterocycles. The molecular formula is C17H16FNO2. The zero-order valence-electron chi connectivity index (χ0n) is 11.7. The van der Waals surface area contributed by atoms with Gasteiger partial charge in [-0.25, -0.2) is 4.39 Å². The van der Waals surface area contributed by atoms with Gasteiger partial charge in [0.25, 0.3) is 5.91 Å². The molecule has 0 aliphatic carbocycles. The molecule has 108 valence electrons. The minimum absolute atomic E-state index is 0.0140. The van der Waals surface area contributed by atoms with Crippen LogP contribution >= 0.6 is 0 Å². The third kappa shape index (κ3) is 4.18. The molecule has 0 bridgehead atoms. The van der Waals surface area contributed by atoms with E-state index in [9.17, 15) is 9.18 Å². The maximum atomic E-state index is 13.5. The van der Waals surface area contributed by atoms with E-state index in [1.54, 1.807) is 36.4 Å². The fourth-order valence-corrected chi connectivity index (χ4v) is 1.68. The second-order valence-corrected chi connectivity index (χ2v) is 4.70. The average molecular weight is 285 g/mol. The summed E-state index contributed by atoms with van der Waals surface area (Å²) < 4.78 is 19.0. The van der Waals surface area contributed by atoms with Gasteiger partial charge in [-0.1, -0.05) is 18.7 Å². The van der Waals surface area contributed by atoms with Crippen LogP contribution in [0.5, 0.6) is 5.75 Å². The third-order valence-electron chi connectivity index (χ3n) is 2.72. The number of nitrogens with one attached hydrogen (secondary N) is 1. The number of anilines is 1. The number of carbonyl (C=O) groups excluding carboxylic acids is 1. The molecule has 0 aliphatic rings. The molecule has 0 aromatic heterocycles. The fourth-order valence-electron chi connectivity index (χ4n) is 1.68. The minimum atomic E-state index is -0.545. The number of ether oxygens (including phenoxy) is 1. The van der Waals surface area contributed by atoms with Crippen molar-refractivity contribution in [1.82, 2.24) is 0 Å². The van der Waals surface area contributed by atoms with Gasteiger partial charge in [-0.2, -0.15) is 0 Å². The number of carbonyl (C=O) groups is 1. The van der Waals surface area contributed by atoms with E-state index in [1.165, 1.54) is 12.1 Å². The Morgan fingerprint density at radius 1 is 1.19 bits per heavy atom. The van der Waals surface area contributed by atoms with Gasteiger partial charge in [-0.05, 0) is 48.9 Å². The number of hydrogen-bond donors (Lipinski definition) is 1. The summed E-state index contributed by atoms with van der Waals surface area (Å²) in [5.41, 5.74) is 1.51. The Morgan fingerprint density at radius 3 is 2.48 bits per heavy atom. The highest BCUT2D eigenvalue weighted by atomic mass is 19.1. The monoisotopic (exact) mass is 285 g/mol. The number of rotatable bonds is 5. The summed E-state index contributed by atoms with van der Waals surface area (Å²) >= 11 is 0. The van der Waals surface area contributed by atoms with Crippen LogP contribution in [-0.4, -0.2) is 12.5 Å². The lowest BCUT2D eigenvalue weighted by molar-refractivity contribution is 0.102. The lowest BCUT2D eigenvalue weighted by atomic mass is 10.2. The number of hydrogen-bond acceptors (Lipinski definition) is 2. The molecule has 3 nitrogen and oxygen atoms in total. The van der Waals surface area contributed by atoms with Crippen molar-refractivity contribution < 1.29 is 13.9 Å². The van der Waals surface area contributed by atoms with Crippen LogP contribution in [0, 0.1) is 5.82 Å². The Morgan fingerprint density at radius 2 is 1.86 bits per heavy atom. The molecule has 0 spiro atoms. The van der Waals surface area contributed by atoms with Crippen LogP contribution < -0.4 is 10.1 Å². The highest BCUT2D eigenvalue weighted by Gasteiger charge is 2.10. The van der Waals surface area contributed by atoms with E-state index in [0.717, 1.165) is 5.57 Å². The summed E-state index contributed by atoms with van der Waals surface area (Å²) in [6, 6.07) is 12.7. The third-order valence-corrected chi connectivity index (χ3v) is 2.72. The second-order valence-electron chi connectivity index (χ2n) is 4.70. The topological polar surface area (TPSA) is 38.3 Å². The maximum Gasteiger partial charge on any atom is 0.258 e. The van der Waals surface area contributed by atoms with E-state index in [1.807, 2.05) is 6.92 Å². The largest absolute Gasteiger partial charge is 0.489 e. The summed E-state index contributed by atoms with van der Waals surface area (Å²) in [7, 11) is 0. The van der Waals surface area contributed by atoms with Gasteiger partial charge in [-0.3, -0.25) is 4.79 Å². The molecule has 0 unspecified atom stereocenters. The summed E-state index contributed by atoms with van der Waals surface area (Å²) in [5, 5.41) is 2.64. The van der Waals surface area contributed by atoms with Gasteiger partial charge in [0, 0.05) is 5.69 Å². The van der Waals surface area contributed by atoms with Gasteiger partial charge in [0.1, 0.15) is 18.2 Å². The Bertz CT molecular complexity index is 650. The molecule has 21 heavy (non-hydrogen) atoms. The van der Waals surface area contributed by atoms with Crippen LogP contribution in [0.1, 0.15) is 17.3 Å². The smallest absolute Gasteiger partial charge is 0.258 e. The van der Waals surface area contributed by atoms with Gasteiger partial charge < -0.3 is 10.1 Å². The van der Waals surface area contributed by atoms with Crippen LogP contribution in [0.2, 0.25) is 0 Å². The van der Waals surface area contributed by atoms with Crippen molar-refractivity contribution in [3.8, 4) is 5.75 Å². The van der Waals surface area contributed by atoms with Gasteiger partial charge >= 0.3 is 0 Å². The van der Waals surface area contributed by atoms with Crippen LogP contribution in [0.3, 0.4) is 0 Å². The minimum Gasteiger partial charge on any atom is -0.489 e. The molecule has 0 fully saturated rings. The van der Waals surface area contributed by atoms with E-state index in [0.29, 0.717) is 18.0 Å². The first kappa shape index (κ1) is 14.8. The molecule has 4 heteroatoms. The molecule has 0 saturated carbocycles. The number of benzene rings is 2. The highest BCUT2D eigenvalue weighted by molar-refractivity contribution is 6.04. The summed E-state index contributed by atoms with van der Waals surface area (Å²) in [6.45, 7) is 6.07. The Balaban J connectivity index is 2.02. The van der Waals surface area contributed by atoms with Crippen molar-refractivity contribution in [1.29, 1.82) is 0 Å². The molecule has 0 heterocycles. The quantitative estimate of drug-likeness (QED) is 0.842.